The maximum absolute atomic E-state index is 13.0. The van der Waals surface area contributed by atoms with Crippen LogP contribution in [0.3, 0.4) is 0 Å². The van der Waals surface area contributed by atoms with Gasteiger partial charge in [-0.1, -0.05) is 30.3 Å². The summed E-state index contributed by atoms with van der Waals surface area (Å²) < 4.78 is 29.3. The van der Waals surface area contributed by atoms with Crippen molar-refractivity contribution in [2.24, 2.45) is 0 Å². The third kappa shape index (κ3) is 4.01. The Hall–Kier alpha value is -3.55. The molecule has 10 heteroatoms. The van der Waals surface area contributed by atoms with Crippen molar-refractivity contribution >= 4 is 21.1 Å². The maximum atomic E-state index is 13.0. The van der Waals surface area contributed by atoms with Crippen molar-refractivity contribution in [1.29, 1.82) is 5.26 Å². The zero-order valence-corrected chi connectivity index (χ0v) is 18.7. The molecule has 0 aliphatic carbocycles. The van der Waals surface area contributed by atoms with Gasteiger partial charge in [-0.25, -0.2) is 22.7 Å². The molecular formula is C23H23N7O2S. The van der Waals surface area contributed by atoms with Gasteiger partial charge in [0.25, 0.3) is 0 Å². The molecule has 4 heterocycles. The number of sulfonamides is 1. The number of aromatic nitrogens is 5. The van der Waals surface area contributed by atoms with E-state index < -0.39 is 15.6 Å². The number of nitriles is 1. The third-order valence-corrected chi connectivity index (χ3v) is 8.19. The summed E-state index contributed by atoms with van der Waals surface area (Å²) in [6, 6.07) is 13.4. The summed E-state index contributed by atoms with van der Waals surface area (Å²) in [5.74, 6) is -0.0224. The number of aromatic amines is 1. The van der Waals surface area contributed by atoms with Gasteiger partial charge in [0, 0.05) is 36.4 Å². The molecule has 33 heavy (non-hydrogen) atoms. The predicted molar refractivity (Wildman–Crippen MR) is 123 cm³/mol. The Balaban J connectivity index is 1.38. The quantitative estimate of drug-likeness (QED) is 0.471. The second-order valence-corrected chi connectivity index (χ2v) is 10.3. The summed E-state index contributed by atoms with van der Waals surface area (Å²) in [5, 5.41) is 15.0. The van der Waals surface area contributed by atoms with Crippen molar-refractivity contribution in [2.75, 3.05) is 13.1 Å². The molecule has 1 aliphatic heterocycles. The highest BCUT2D eigenvalue weighted by Gasteiger charge is 2.40. The van der Waals surface area contributed by atoms with Crippen LogP contribution in [0.2, 0.25) is 0 Å². The summed E-state index contributed by atoms with van der Waals surface area (Å²) in [5.41, 5.74) is 2.55. The monoisotopic (exact) mass is 461 g/mol. The topological polar surface area (TPSA) is 121 Å². The van der Waals surface area contributed by atoms with Gasteiger partial charge in [0.1, 0.15) is 12.0 Å². The second kappa shape index (κ2) is 8.42. The lowest BCUT2D eigenvalue weighted by Crippen LogP contribution is -2.48. The average Bonchev–Trinajstić information content (AvgIpc) is 3.50. The predicted octanol–water partition coefficient (Wildman–Crippen LogP) is 3.06. The second-order valence-electron chi connectivity index (χ2n) is 8.34. The van der Waals surface area contributed by atoms with Crippen molar-refractivity contribution < 1.29 is 8.42 Å². The molecule has 3 aromatic heterocycles. The first-order valence-electron chi connectivity index (χ1n) is 10.7. The lowest BCUT2D eigenvalue weighted by Gasteiger charge is -2.40. The lowest BCUT2D eigenvalue weighted by molar-refractivity contribution is 0.148. The van der Waals surface area contributed by atoms with Crippen LogP contribution in [0.5, 0.6) is 0 Å². The van der Waals surface area contributed by atoms with Crippen LogP contribution in [0.1, 0.15) is 24.8 Å². The summed E-state index contributed by atoms with van der Waals surface area (Å²) >= 11 is 0. The van der Waals surface area contributed by atoms with Gasteiger partial charge in [-0.15, -0.1) is 0 Å². The van der Waals surface area contributed by atoms with E-state index in [-0.39, 0.29) is 12.2 Å². The highest BCUT2D eigenvalue weighted by Crippen LogP contribution is 2.36. The standard InChI is InChI=1S/C23H23N7O2S/c24-10-7-23(8-12-29(13-9-23)33(31,32)16-18-4-2-1-3-5-18)30-15-19(14-28-30)21-20-6-11-25-22(20)27-17-26-21/h1-6,11,14-15,17H,7-9,12-13,16H2,(H,25,26,27). The van der Waals surface area contributed by atoms with Crippen molar-refractivity contribution in [3.63, 3.8) is 0 Å². The van der Waals surface area contributed by atoms with Gasteiger partial charge >= 0.3 is 0 Å². The molecule has 0 saturated carbocycles. The van der Waals surface area contributed by atoms with E-state index in [1.54, 1.807) is 6.20 Å². The molecule has 0 amide bonds. The normalized spacial score (nSPS) is 16.6. The molecule has 0 unspecified atom stereocenters. The SMILES string of the molecule is N#CCC1(n2cc(-c3ncnc4[nH]ccc34)cn2)CCN(S(=O)(=O)Cc2ccccc2)CC1. The molecule has 9 nitrogen and oxygen atoms in total. The van der Waals surface area contributed by atoms with E-state index in [0.717, 1.165) is 27.9 Å². The van der Waals surface area contributed by atoms with Crippen molar-refractivity contribution in [3.05, 3.63) is 66.9 Å². The van der Waals surface area contributed by atoms with Crippen LogP contribution >= 0.6 is 0 Å². The zero-order valence-electron chi connectivity index (χ0n) is 17.9. The van der Waals surface area contributed by atoms with E-state index in [1.807, 2.05) is 53.5 Å². The maximum Gasteiger partial charge on any atom is 0.218 e. The molecular weight excluding hydrogens is 438 g/mol. The highest BCUT2D eigenvalue weighted by atomic mass is 32.2. The van der Waals surface area contributed by atoms with Gasteiger partial charge in [0.15, 0.2) is 0 Å². The van der Waals surface area contributed by atoms with E-state index in [2.05, 4.69) is 26.1 Å². The smallest absolute Gasteiger partial charge is 0.218 e. The number of nitrogens with zero attached hydrogens (tertiary/aromatic N) is 6. The minimum absolute atomic E-state index is 0.0224. The Bertz CT molecular complexity index is 1410. The fraction of sp³-hybridized carbons (Fsp3) is 0.304. The molecule has 1 N–H and O–H groups in total. The summed E-state index contributed by atoms with van der Waals surface area (Å²) in [4.78, 5) is 11.7. The van der Waals surface area contributed by atoms with Crippen LogP contribution in [0.4, 0.5) is 0 Å². The Morgan fingerprint density at radius 3 is 2.67 bits per heavy atom. The number of hydrogen-bond acceptors (Lipinski definition) is 6. The van der Waals surface area contributed by atoms with Crippen LogP contribution in [-0.4, -0.2) is 50.5 Å². The van der Waals surface area contributed by atoms with Gasteiger partial charge < -0.3 is 4.98 Å². The minimum atomic E-state index is -3.44. The van der Waals surface area contributed by atoms with Gasteiger partial charge in [0.05, 0.1) is 35.7 Å². The molecule has 0 spiro atoms. The van der Waals surface area contributed by atoms with Gasteiger partial charge in [-0.2, -0.15) is 10.4 Å². The molecule has 4 aromatic rings. The molecule has 0 bridgehead atoms. The van der Waals surface area contributed by atoms with E-state index in [0.29, 0.717) is 25.9 Å². The van der Waals surface area contributed by atoms with Crippen molar-refractivity contribution in [2.45, 2.75) is 30.6 Å². The first-order chi connectivity index (χ1) is 16.0. The fourth-order valence-electron chi connectivity index (χ4n) is 4.50. The molecule has 0 atom stereocenters. The number of hydrogen-bond donors (Lipinski definition) is 1. The third-order valence-electron chi connectivity index (χ3n) is 6.34. The lowest BCUT2D eigenvalue weighted by atomic mass is 9.85. The molecule has 1 aliphatic rings. The van der Waals surface area contributed by atoms with Crippen LogP contribution in [0.25, 0.3) is 22.3 Å². The number of fused-ring (bicyclic) bond motifs is 1. The number of benzene rings is 1. The van der Waals surface area contributed by atoms with Gasteiger partial charge in [-0.05, 0) is 24.5 Å². The van der Waals surface area contributed by atoms with Gasteiger partial charge in [0.2, 0.25) is 10.0 Å². The van der Waals surface area contributed by atoms with E-state index in [1.165, 1.54) is 10.6 Å². The Morgan fingerprint density at radius 1 is 1.12 bits per heavy atom. The largest absolute Gasteiger partial charge is 0.346 e. The van der Waals surface area contributed by atoms with Crippen molar-refractivity contribution in [3.8, 4) is 17.3 Å². The fourth-order valence-corrected chi connectivity index (χ4v) is 6.03. The number of rotatable bonds is 6. The molecule has 1 aromatic carbocycles. The average molecular weight is 462 g/mol. The molecule has 5 rings (SSSR count). The number of piperidine rings is 1. The first-order valence-corrected chi connectivity index (χ1v) is 12.3. The molecule has 1 fully saturated rings. The Morgan fingerprint density at radius 2 is 1.91 bits per heavy atom. The summed E-state index contributed by atoms with van der Waals surface area (Å²) in [7, 11) is -3.44. The van der Waals surface area contributed by atoms with E-state index >= 15 is 0 Å². The van der Waals surface area contributed by atoms with Crippen molar-refractivity contribution in [1.82, 2.24) is 29.0 Å². The first kappa shape index (κ1) is 21.3. The molecule has 168 valence electrons. The summed E-state index contributed by atoms with van der Waals surface area (Å²) in [6.07, 6.45) is 8.25. The van der Waals surface area contributed by atoms with E-state index in [9.17, 15) is 13.7 Å². The number of nitrogens with one attached hydrogen (secondary N) is 1. The molecule has 0 radical (unpaired) electrons. The van der Waals surface area contributed by atoms with Gasteiger partial charge in [-0.3, -0.25) is 4.68 Å². The number of H-pyrrole nitrogens is 1. The Labute approximate surface area is 191 Å². The van der Waals surface area contributed by atoms with Crippen LogP contribution in [0, 0.1) is 11.3 Å². The summed E-state index contributed by atoms with van der Waals surface area (Å²) in [6.45, 7) is 0.698. The molecule has 1 saturated heterocycles. The van der Waals surface area contributed by atoms with E-state index in [4.69, 9.17) is 0 Å². The van der Waals surface area contributed by atoms with Crippen LogP contribution in [-0.2, 0) is 21.3 Å². The Kier molecular flexibility index (Phi) is 5.44. The minimum Gasteiger partial charge on any atom is -0.346 e. The highest BCUT2D eigenvalue weighted by molar-refractivity contribution is 7.88. The zero-order chi connectivity index (χ0) is 22.9. The van der Waals surface area contributed by atoms with Crippen LogP contribution < -0.4 is 0 Å². The van der Waals surface area contributed by atoms with Crippen LogP contribution in [0.15, 0.2) is 61.3 Å².